The van der Waals surface area contributed by atoms with Crippen LogP contribution < -0.4 is 0 Å². The fourth-order valence-corrected chi connectivity index (χ4v) is 5.89. The zero-order valence-corrected chi connectivity index (χ0v) is 15.5. The van der Waals surface area contributed by atoms with Crippen molar-refractivity contribution in [3.63, 3.8) is 0 Å². The molecular formula is C19H32O4S. The number of carboxylic acids is 1. The Hall–Kier alpha value is -0.260. The maximum Gasteiger partial charge on any atom is 0.303 e. The average Bonchev–Trinajstić information content (AvgIpc) is 3.28. The molecule has 138 valence electrons. The minimum Gasteiger partial charge on any atom is -0.481 e. The van der Waals surface area contributed by atoms with Crippen LogP contribution in [0.1, 0.15) is 57.8 Å². The number of carbonyl (C=O) groups is 1. The van der Waals surface area contributed by atoms with Crippen LogP contribution in [-0.4, -0.2) is 48.0 Å². The quantitative estimate of drug-likeness (QED) is 0.568. The highest BCUT2D eigenvalue weighted by Crippen LogP contribution is 2.45. The van der Waals surface area contributed by atoms with Gasteiger partial charge in [-0.05, 0) is 55.9 Å². The number of unbranched alkanes of at least 4 members (excludes halogenated alkanes) is 1. The monoisotopic (exact) mass is 356 g/mol. The number of carboxylic acid groups (broad SMARTS) is 1. The molecule has 1 aliphatic carbocycles. The van der Waals surface area contributed by atoms with Crippen molar-refractivity contribution in [2.75, 3.05) is 24.7 Å². The molecule has 24 heavy (non-hydrogen) atoms. The first-order valence-corrected chi connectivity index (χ1v) is 10.9. The molecular weight excluding hydrogens is 324 g/mol. The van der Waals surface area contributed by atoms with E-state index in [1.54, 1.807) is 0 Å². The maximum absolute atomic E-state index is 10.5. The van der Waals surface area contributed by atoms with Crippen LogP contribution in [0.2, 0.25) is 0 Å². The molecule has 3 aliphatic rings. The van der Waals surface area contributed by atoms with Crippen molar-refractivity contribution in [3.05, 3.63) is 0 Å². The Kier molecular flexibility index (Phi) is 7.29. The molecule has 2 aliphatic heterocycles. The second-order valence-corrected chi connectivity index (χ2v) is 8.88. The number of thioether (sulfide) groups is 1. The number of rotatable bonds is 11. The Balaban J connectivity index is 1.34. The Morgan fingerprint density at radius 1 is 1.04 bits per heavy atom. The standard InChI is InChI=1S/C19H32O4S/c20-19(21)7-3-4-10-24-13-16-15(17-8-9-18(16)23-17)12-22-11-14-5-1-2-6-14/h14-18H,1-13H2,(H,20,21)/t15-,16+,17-,18+/m0/s1. The van der Waals surface area contributed by atoms with E-state index in [0.29, 0.717) is 30.5 Å². The lowest BCUT2D eigenvalue weighted by Gasteiger charge is -2.28. The molecule has 0 spiro atoms. The first kappa shape index (κ1) is 18.5. The summed E-state index contributed by atoms with van der Waals surface area (Å²) in [5.41, 5.74) is 0. The molecule has 2 heterocycles. The summed E-state index contributed by atoms with van der Waals surface area (Å²) in [6.07, 6.45) is 10.9. The lowest BCUT2D eigenvalue weighted by atomic mass is 9.81. The molecule has 0 amide bonds. The van der Waals surface area contributed by atoms with Gasteiger partial charge in [0.1, 0.15) is 0 Å². The van der Waals surface area contributed by atoms with Crippen LogP contribution >= 0.6 is 11.8 Å². The molecule has 0 radical (unpaired) electrons. The van der Waals surface area contributed by atoms with Crippen LogP contribution in [0.3, 0.4) is 0 Å². The van der Waals surface area contributed by atoms with Gasteiger partial charge in [0.25, 0.3) is 0 Å². The molecule has 0 aromatic carbocycles. The third kappa shape index (κ3) is 5.12. The van der Waals surface area contributed by atoms with Gasteiger partial charge in [0.05, 0.1) is 18.8 Å². The maximum atomic E-state index is 10.5. The van der Waals surface area contributed by atoms with E-state index in [0.717, 1.165) is 43.5 Å². The van der Waals surface area contributed by atoms with Gasteiger partial charge in [-0.1, -0.05) is 12.8 Å². The van der Waals surface area contributed by atoms with Crippen LogP contribution in [0.5, 0.6) is 0 Å². The van der Waals surface area contributed by atoms with E-state index in [4.69, 9.17) is 14.6 Å². The van der Waals surface area contributed by atoms with E-state index in [9.17, 15) is 4.79 Å². The minimum absolute atomic E-state index is 0.301. The molecule has 4 atom stereocenters. The van der Waals surface area contributed by atoms with Gasteiger partial charge < -0.3 is 14.6 Å². The highest BCUT2D eigenvalue weighted by molar-refractivity contribution is 7.99. The SMILES string of the molecule is O=C(O)CCCCSC[C@@H]1[C@H](COCC2CCCC2)[C@@H]2CC[C@H]1O2. The predicted molar refractivity (Wildman–Crippen MR) is 96.5 cm³/mol. The van der Waals surface area contributed by atoms with Crippen molar-refractivity contribution in [1.29, 1.82) is 0 Å². The van der Waals surface area contributed by atoms with Crippen LogP contribution in [0.4, 0.5) is 0 Å². The highest BCUT2D eigenvalue weighted by Gasteiger charge is 2.48. The van der Waals surface area contributed by atoms with Gasteiger partial charge in [0.15, 0.2) is 0 Å². The summed E-state index contributed by atoms with van der Waals surface area (Å²) in [6, 6.07) is 0. The molecule has 0 unspecified atom stereocenters. The van der Waals surface area contributed by atoms with Crippen LogP contribution in [-0.2, 0) is 14.3 Å². The molecule has 2 bridgehead atoms. The fourth-order valence-electron chi connectivity index (χ4n) is 4.58. The van der Waals surface area contributed by atoms with E-state index in [2.05, 4.69) is 0 Å². The Morgan fingerprint density at radius 2 is 1.79 bits per heavy atom. The summed E-state index contributed by atoms with van der Waals surface area (Å²) in [4.78, 5) is 10.5. The Morgan fingerprint density at radius 3 is 2.54 bits per heavy atom. The lowest BCUT2D eigenvalue weighted by Crippen LogP contribution is -2.33. The molecule has 1 N–H and O–H groups in total. The van der Waals surface area contributed by atoms with Crippen molar-refractivity contribution >= 4 is 17.7 Å². The summed E-state index contributed by atoms with van der Waals surface area (Å²) in [6.45, 7) is 1.82. The van der Waals surface area contributed by atoms with Crippen LogP contribution in [0, 0.1) is 17.8 Å². The van der Waals surface area contributed by atoms with Crippen molar-refractivity contribution < 1.29 is 19.4 Å². The van der Waals surface area contributed by atoms with Crippen LogP contribution in [0.15, 0.2) is 0 Å². The molecule has 1 saturated carbocycles. The number of ether oxygens (including phenoxy) is 2. The zero-order valence-electron chi connectivity index (χ0n) is 14.7. The average molecular weight is 357 g/mol. The third-order valence-corrected chi connectivity index (χ3v) is 7.17. The largest absolute Gasteiger partial charge is 0.481 e. The van der Waals surface area contributed by atoms with Gasteiger partial charge in [-0.25, -0.2) is 0 Å². The first-order valence-electron chi connectivity index (χ1n) is 9.77. The van der Waals surface area contributed by atoms with Gasteiger partial charge in [-0.3, -0.25) is 4.79 Å². The second kappa shape index (κ2) is 9.44. The van der Waals surface area contributed by atoms with Gasteiger partial charge in [0.2, 0.25) is 0 Å². The number of hydrogen-bond acceptors (Lipinski definition) is 4. The van der Waals surface area contributed by atoms with E-state index in [1.807, 2.05) is 11.8 Å². The van der Waals surface area contributed by atoms with E-state index >= 15 is 0 Å². The molecule has 3 rings (SSSR count). The van der Waals surface area contributed by atoms with E-state index in [-0.39, 0.29) is 0 Å². The summed E-state index contributed by atoms with van der Waals surface area (Å²) < 4.78 is 12.3. The number of aliphatic carboxylic acids is 1. The third-order valence-electron chi connectivity index (χ3n) is 5.97. The molecule has 5 heteroatoms. The normalized spacial score (nSPS) is 32.7. The molecule has 0 aromatic heterocycles. The lowest BCUT2D eigenvalue weighted by molar-refractivity contribution is -0.137. The molecule has 2 saturated heterocycles. The van der Waals surface area contributed by atoms with E-state index in [1.165, 1.54) is 38.5 Å². The molecule has 3 fully saturated rings. The first-order chi connectivity index (χ1) is 11.7. The van der Waals surface area contributed by atoms with Crippen LogP contribution in [0.25, 0.3) is 0 Å². The summed E-state index contributed by atoms with van der Waals surface area (Å²) >= 11 is 1.98. The number of fused-ring (bicyclic) bond motifs is 2. The second-order valence-electron chi connectivity index (χ2n) is 7.73. The Bertz CT molecular complexity index is 397. The Labute approximate surface area is 150 Å². The zero-order chi connectivity index (χ0) is 16.8. The smallest absolute Gasteiger partial charge is 0.303 e. The number of hydrogen-bond donors (Lipinski definition) is 1. The van der Waals surface area contributed by atoms with Gasteiger partial charge in [0, 0.05) is 24.9 Å². The molecule has 0 aromatic rings. The van der Waals surface area contributed by atoms with Crippen molar-refractivity contribution in [2.45, 2.75) is 70.0 Å². The minimum atomic E-state index is -0.680. The van der Waals surface area contributed by atoms with Gasteiger partial charge >= 0.3 is 5.97 Å². The highest BCUT2D eigenvalue weighted by atomic mass is 32.2. The van der Waals surface area contributed by atoms with Crippen molar-refractivity contribution in [3.8, 4) is 0 Å². The fraction of sp³-hybridized carbons (Fsp3) is 0.947. The topological polar surface area (TPSA) is 55.8 Å². The van der Waals surface area contributed by atoms with Gasteiger partial charge in [-0.15, -0.1) is 0 Å². The van der Waals surface area contributed by atoms with Gasteiger partial charge in [-0.2, -0.15) is 11.8 Å². The summed E-state index contributed by atoms with van der Waals surface area (Å²) in [5, 5.41) is 8.67. The summed E-state index contributed by atoms with van der Waals surface area (Å²) in [7, 11) is 0. The predicted octanol–water partition coefficient (Wildman–Crippen LogP) is 3.97. The summed E-state index contributed by atoms with van der Waals surface area (Å²) in [5.74, 6) is 3.55. The van der Waals surface area contributed by atoms with Crippen molar-refractivity contribution in [1.82, 2.24) is 0 Å². The molecule has 4 nitrogen and oxygen atoms in total. The van der Waals surface area contributed by atoms with Crippen molar-refractivity contribution in [2.24, 2.45) is 17.8 Å². The van der Waals surface area contributed by atoms with E-state index < -0.39 is 5.97 Å².